The van der Waals surface area contributed by atoms with Crippen molar-refractivity contribution in [3.63, 3.8) is 0 Å². The molecule has 0 bridgehead atoms. The molecule has 0 saturated carbocycles. The molecule has 3 rings (SSSR count). The molecule has 9 nitrogen and oxygen atoms in total. The van der Waals surface area contributed by atoms with E-state index in [0.717, 1.165) is 24.2 Å². The average molecular weight is 492 g/mol. The van der Waals surface area contributed by atoms with Crippen molar-refractivity contribution < 1.29 is 27.5 Å². The van der Waals surface area contributed by atoms with Crippen LogP contribution in [0.25, 0.3) is 10.2 Å². The summed E-state index contributed by atoms with van der Waals surface area (Å²) in [5.74, 6) is -0.504. The molecule has 0 aliphatic carbocycles. The zero-order chi connectivity index (χ0) is 24.2. The van der Waals surface area contributed by atoms with E-state index in [-0.39, 0.29) is 11.3 Å². The van der Waals surface area contributed by atoms with E-state index in [4.69, 9.17) is 11.2 Å². The topological polar surface area (TPSA) is 115 Å². The predicted octanol–water partition coefficient (Wildman–Crippen LogP) is 1.22. The lowest BCUT2D eigenvalue weighted by Gasteiger charge is -2.30. The quantitative estimate of drug-likeness (QED) is 0.443. The molecule has 2 amide bonds. The Morgan fingerprint density at radius 3 is 2.58 bits per heavy atom. The molecule has 0 atom stereocenters. The van der Waals surface area contributed by atoms with Crippen LogP contribution >= 0.6 is 11.3 Å². The fraction of sp³-hybridized carbons (Fsp3) is 0.455. The summed E-state index contributed by atoms with van der Waals surface area (Å²) < 4.78 is 31.9. The molecule has 1 aromatic heterocycles. The van der Waals surface area contributed by atoms with E-state index in [9.17, 15) is 22.8 Å². The molecule has 0 N–H and O–H groups in total. The van der Waals surface area contributed by atoms with Crippen molar-refractivity contribution >= 4 is 49.2 Å². The van der Waals surface area contributed by atoms with Crippen LogP contribution in [0.1, 0.15) is 30.1 Å². The summed E-state index contributed by atoms with van der Waals surface area (Å²) in [6.45, 7) is 3.24. The average Bonchev–Trinajstić information content (AvgIpc) is 3.09. The Labute approximate surface area is 196 Å². The number of ether oxygens (including phenoxy) is 1. The Bertz CT molecular complexity index is 1290. The number of nitrogens with zero attached hydrogens (tertiary/aromatic N) is 3. The van der Waals surface area contributed by atoms with Gasteiger partial charge in [-0.05, 0) is 37.0 Å². The summed E-state index contributed by atoms with van der Waals surface area (Å²) in [6, 6.07) is 4.82. The van der Waals surface area contributed by atoms with Gasteiger partial charge in [0.25, 0.3) is 5.91 Å². The number of carbonyl (C=O) groups excluding carboxylic acids is 3. The highest BCUT2D eigenvalue weighted by atomic mass is 32.2. The zero-order valence-corrected chi connectivity index (χ0v) is 20.1. The molecule has 1 aliphatic rings. The molecule has 11 heteroatoms. The summed E-state index contributed by atoms with van der Waals surface area (Å²) >= 11 is 1.10. The summed E-state index contributed by atoms with van der Waals surface area (Å²) in [6.07, 6.45) is 7.11. The Morgan fingerprint density at radius 1 is 1.24 bits per heavy atom. The number of methoxy groups -OCH3 is 1. The summed E-state index contributed by atoms with van der Waals surface area (Å²) in [5, 5.41) is 0. The van der Waals surface area contributed by atoms with Crippen molar-refractivity contribution in [1.82, 2.24) is 9.47 Å². The Hall–Kier alpha value is -2.97. The highest BCUT2D eigenvalue weighted by Crippen LogP contribution is 2.20. The number of likely N-dealkylation sites (tertiary alicyclic amines) is 1. The third kappa shape index (κ3) is 6.09. The van der Waals surface area contributed by atoms with E-state index < -0.39 is 39.1 Å². The number of esters is 1. The van der Waals surface area contributed by atoms with Crippen LogP contribution in [-0.4, -0.2) is 67.4 Å². The largest absolute Gasteiger partial charge is 0.465 e. The first kappa shape index (κ1) is 24.7. The van der Waals surface area contributed by atoms with Gasteiger partial charge in [0.05, 0.1) is 29.4 Å². The predicted molar refractivity (Wildman–Crippen MR) is 124 cm³/mol. The smallest absolute Gasteiger partial charge is 0.337 e. The number of hydrogen-bond acceptors (Lipinski definition) is 7. The molecule has 2 heterocycles. The number of carbonyl (C=O) groups is 3. The van der Waals surface area contributed by atoms with Gasteiger partial charge < -0.3 is 14.2 Å². The van der Waals surface area contributed by atoms with Crippen LogP contribution in [0.4, 0.5) is 0 Å². The van der Waals surface area contributed by atoms with E-state index in [2.05, 4.69) is 17.8 Å². The van der Waals surface area contributed by atoms with E-state index >= 15 is 0 Å². The number of fused-ring (bicyclic) bond motifs is 1. The van der Waals surface area contributed by atoms with Crippen molar-refractivity contribution in [2.24, 2.45) is 10.9 Å². The van der Waals surface area contributed by atoms with Crippen LogP contribution in [0.2, 0.25) is 0 Å². The molecule has 1 aliphatic heterocycles. The first-order chi connectivity index (χ1) is 15.6. The van der Waals surface area contributed by atoms with Crippen LogP contribution in [-0.2, 0) is 30.7 Å². The van der Waals surface area contributed by atoms with Crippen LogP contribution in [0.3, 0.4) is 0 Å². The second-order valence-corrected chi connectivity index (χ2v) is 11.0. The minimum absolute atomic E-state index is 0.0995. The number of rotatable bonds is 6. The van der Waals surface area contributed by atoms with Gasteiger partial charge in [-0.1, -0.05) is 24.2 Å². The highest BCUT2D eigenvalue weighted by molar-refractivity contribution is 7.92. The van der Waals surface area contributed by atoms with Crippen LogP contribution < -0.4 is 4.80 Å². The van der Waals surface area contributed by atoms with Gasteiger partial charge in [0, 0.05) is 13.1 Å². The molecule has 1 fully saturated rings. The van der Waals surface area contributed by atoms with Crippen molar-refractivity contribution in [2.45, 2.75) is 26.3 Å². The van der Waals surface area contributed by atoms with Gasteiger partial charge in [0.2, 0.25) is 5.91 Å². The SMILES string of the molecule is C#CCn1c(=NC(=O)CS(=O)(=O)CC(=O)N2CCC(C)CC2)sc2cc(C(=O)OC)ccc21. The number of thiazole rings is 1. The van der Waals surface area contributed by atoms with Gasteiger partial charge in [0.15, 0.2) is 14.6 Å². The number of hydrogen-bond donors (Lipinski definition) is 0. The maximum absolute atomic E-state index is 12.5. The molecule has 2 aromatic rings. The van der Waals surface area contributed by atoms with Gasteiger partial charge in [0.1, 0.15) is 11.5 Å². The van der Waals surface area contributed by atoms with Gasteiger partial charge in [-0.2, -0.15) is 4.99 Å². The third-order valence-corrected chi connectivity index (χ3v) is 7.81. The van der Waals surface area contributed by atoms with Gasteiger partial charge in [-0.3, -0.25) is 9.59 Å². The highest BCUT2D eigenvalue weighted by Gasteiger charge is 2.26. The minimum Gasteiger partial charge on any atom is -0.465 e. The molecular weight excluding hydrogens is 466 g/mol. The molecule has 1 saturated heterocycles. The number of terminal acetylenes is 1. The van der Waals surface area contributed by atoms with E-state index in [1.54, 1.807) is 22.8 Å². The van der Waals surface area contributed by atoms with E-state index in [0.29, 0.717) is 34.8 Å². The monoisotopic (exact) mass is 491 g/mol. The standard InChI is InChI=1S/C22H25N3O6S2/c1-4-9-25-17-6-5-16(21(28)31-3)12-18(17)32-22(25)23-19(26)13-33(29,30)14-20(27)24-10-7-15(2)8-11-24/h1,5-6,12,15H,7-11,13-14H2,2-3H3. The van der Waals surface area contributed by atoms with Crippen molar-refractivity contribution in [1.29, 1.82) is 0 Å². The summed E-state index contributed by atoms with van der Waals surface area (Å²) in [7, 11) is -2.71. The van der Waals surface area contributed by atoms with Crippen LogP contribution in [0.5, 0.6) is 0 Å². The summed E-state index contributed by atoms with van der Waals surface area (Å²) in [4.78, 5) is 42.3. The number of aromatic nitrogens is 1. The fourth-order valence-electron chi connectivity index (χ4n) is 3.56. The number of piperidine rings is 1. The maximum atomic E-state index is 12.5. The van der Waals surface area contributed by atoms with Gasteiger partial charge in [-0.25, -0.2) is 13.2 Å². The lowest BCUT2D eigenvalue weighted by molar-refractivity contribution is -0.129. The van der Waals surface area contributed by atoms with Crippen molar-refractivity contribution in [3.8, 4) is 12.3 Å². The number of amides is 2. The second-order valence-electron chi connectivity index (χ2n) is 7.95. The Morgan fingerprint density at radius 2 is 1.94 bits per heavy atom. The van der Waals surface area contributed by atoms with E-state index in [1.165, 1.54) is 12.0 Å². The minimum atomic E-state index is -3.98. The molecule has 33 heavy (non-hydrogen) atoms. The first-order valence-electron chi connectivity index (χ1n) is 10.3. The Kier molecular flexibility index (Phi) is 7.71. The lowest BCUT2D eigenvalue weighted by atomic mass is 9.99. The second kappa shape index (κ2) is 10.3. The fourth-order valence-corrected chi connectivity index (χ4v) is 5.75. The molecule has 176 valence electrons. The normalized spacial score (nSPS) is 15.4. The lowest BCUT2D eigenvalue weighted by Crippen LogP contribution is -2.41. The van der Waals surface area contributed by atoms with Crippen LogP contribution in [0, 0.1) is 18.3 Å². The van der Waals surface area contributed by atoms with E-state index in [1.807, 2.05) is 0 Å². The van der Waals surface area contributed by atoms with Gasteiger partial charge in [-0.15, -0.1) is 6.42 Å². The molecule has 0 unspecified atom stereocenters. The Balaban J connectivity index is 1.81. The summed E-state index contributed by atoms with van der Waals surface area (Å²) in [5.41, 5.74) is 0.972. The first-order valence-corrected chi connectivity index (χ1v) is 13.0. The maximum Gasteiger partial charge on any atom is 0.337 e. The number of benzene rings is 1. The third-order valence-electron chi connectivity index (χ3n) is 5.40. The van der Waals surface area contributed by atoms with Crippen molar-refractivity contribution in [2.75, 3.05) is 31.7 Å². The van der Waals surface area contributed by atoms with Crippen LogP contribution in [0.15, 0.2) is 23.2 Å². The number of sulfone groups is 1. The molecule has 1 aromatic carbocycles. The van der Waals surface area contributed by atoms with Gasteiger partial charge >= 0.3 is 5.97 Å². The molecular formula is C22H25N3O6S2. The van der Waals surface area contributed by atoms with Crippen molar-refractivity contribution in [3.05, 3.63) is 28.6 Å². The zero-order valence-electron chi connectivity index (χ0n) is 18.4. The molecule has 0 radical (unpaired) electrons. The molecule has 0 spiro atoms.